The molecule has 78 valence electrons. The minimum atomic E-state index is -3.98. The van der Waals surface area contributed by atoms with Crippen LogP contribution in [-0.2, 0) is 0 Å². The first-order chi connectivity index (χ1) is 6.06. The van der Waals surface area contributed by atoms with Gasteiger partial charge in [0.1, 0.15) is 0 Å². The lowest BCUT2D eigenvalue weighted by Gasteiger charge is -2.03. The van der Waals surface area contributed by atoms with Gasteiger partial charge in [-0.2, -0.15) is 13.2 Å². The van der Waals surface area contributed by atoms with Gasteiger partial charge in [0.2, 0.25) is 0 Å². The molecule has 0 atom stereocenters. The Bertz CT molecular complexity index is 136. The fourth-order valence-corrected chi connectivity index (χ4v) is 0.990. The first-order valence-corrected chi connectivity index (χ1v) is 4.78. The number of rotatable bonds is 6. The van der Waals surface area contributed by atoms with E-state index in [0.29, 0.717) is 6.42 Å². The molecule has 0 fully saturated rings. The monoisotopic (exact) mass is 194 g/mol. The Morgan fingerprint density at radius 3 is 2.15 bits per heavy atom. The van der Waals surface area contributed by atoms with Crippen LogP contribution in [0.1, 0.15) is 45.4 Å². The van der Waals surface area contributed by atoms with E-state index >= 15 is 0 Å². The van der Waals surface area contributed by atoms with Crippen LogP contribution < -0.4 is 0 Å². The largest absolute Gasteiger partial charge is 0.389 e. The molecule has 0 aliphatic heterocycles. The average Bonchev–Trinajstić information content (AvgIpc) is 2.01. The molecule has 0 aliphatic carbocycles. The van der Waals surface area contributed by atoms with Crippen molar-refractivity contribution in [3.63, 3.8) is 0 Å². The van der Waals surface area contributed by atoms with Crippen molar-refractivity contribution in [3.8, 4) is 0 Å². The van der Waals surface area contributed by atoms with E-state index in [1.54, 1.807) is 0 Å². The highest BCUT2D eigenvalue weighted by Gasteiger charge is 2.25. The summed E-state index contributed by atoms with van der Waals surface area (Å²) in [6.45, 7) is 2.08. The maximum absolute atomic E-state index is 11.7. The normalized spacial score (nSPS) is 12.6. The Morgan fingerprint density at radius 2 is 1.62 bits per heavy atom. The summed E-state index contributed by atoms with van der Waals surface area (Å²) in [6.07, 6.45) is 3.17. The summed E-state index contributed by atoms with van der Waals surface area (Å²) in [5.41, 5.74) is 0. The van der Waals surface area contributed by atoms with Crippen molar-refractivity contribution >= 4 is 0 Å². The second kappa shape index (κ2) is 6.98. The Labute approximate surface area is 77.8 Å². The Kier molecular flexibility index (Phi) is 6.73. The van der Waals surface area contributed by atoms with Crippen LogP contribution >= 0.6 is 0 Å². The standard InChI is InChI=1S/C10H17F3/c1-2-3-4-5-6-7-8-9-10(11,12)13/h4-5H,2-3,6-9H2,1H3. The molecule has 3 heteroatoms. The van der Waals surface area contributed by atoms with Gasteiger partial charge in [0, 0.05) is 6.42 Å². The van der Waals surface area contributed by atoms with Crippen LogP contribution in [0.3, 0.4) is 0 Å². The number of hydrogen-bond donors (Lipinski definition) is 0. The lowest BCUT2D eigenvalue weighted by atomic mass is 10.1. The van der Waals surface area contributed by atoms with Gasteiger partial charge in [0.25, 0.3) is 0 Å². The van der Waals surface area contributed by atoms with Gasteiger partial charge in [-0.15, -0.1) is 0 Å². The summed E-state index contributed by atoms with van der Waals surface area (Å²) >= 11 is 0. The zero-order valence-electron chi connectivity index (χ0n) is 8.03. The van der Waals surface area contributed by atoms with Crippen molar-refractivity contribution in [2.75, 3.05) is 0 Å². The third-order valence-electron chi connectivity index (χ3n) is 1.70. The summed E-state index contributed by atoms with van der Waals surface area (Å²) in [5.74, 6) is 0. The van der Waals surface area contributed by atoms with Crippen molar-refractivity contribution in [2.24, 2.45) is 0 Å². The van der Waals surface area contributed by atoms with Gasteiger partial charge in [-0.05, 0) is 25.7 Å². The second-order valence-corrected chi connectivity index (χ2v) is 3.12. The van der Waals surface area contributed by atoms with Crippen LogP contribution in [0, 0.1) is 0 Å². The van der Waals surface area contributed by atoms with Crippen molar-refractivity contribution in [3.05, 3.63) is 12.2 Å². The van der Waals surface area contributed by atoms with Crippen LogP contribution in [0.25, 0.3) is 0 Å². The van der Waals surface area contributed by atoms with Gasteiger partial charge >= 0.3 is 6.18 Å². The fourth-order valence-electron chi connectivity index (χ4n) is 0.990. The van der Waals surface area contributed by atoms with E-state index in [4.69, 9.17) is 0 Å². The molecule has 0 aromatic rings. The van der Waals surface area contributed by atoms with Gasteiger partial charge < -0.3 is 0 Å². The third kappa shape index (κ3) is 11.5. The van der Waals surface area contributed by atoms with Crippen molar-refractivity contribution < 1.29 is 13.2 Å². The summed E-state index contributed by atoms with van der Waals surface area (Å²) in [6, 6.07) is 0. The van der Waals surface area contributed by atoms with E-state index in [1.807, 2.05) is 12.2 Å². The van der Waals surface area contributed by atoms with Crippen LogP contribution in [0.2, 0.25) is 0 Å². The molecule has 0 unspecified atom stereocenters. The number of hydrogen-bond acceptors (Lipinski definition) is 0. The van der Waals surface area contributed by atoms with Crippen LogP contribution in [0.5, 0.6) is 0 Å². The molecule has 0 aromatic carbocycles. The minimum absolute atomic E-state index is 0.250. The van der Waals surface area contributed by atoms with E-state index in [-0.39, 0.29) is 6.42 Å². The molecule has 0 aromatic heterocycles. The molecule has 0 radical (unpaired) electrons. The zero-order valence-corrected chi connectivity index (χ0v) is 8.03. The molecule has 0 heterocycles. The molecular formula is C10H17F3. The minimum Gasteiger partial charge on any atom is -0.171 e. The van der Waals surface area contributed by atoms with Crippen LogP contribution in [0.15, 0.2) is 12.2 Å². The topological polar surface area (TPSA) is 0 Å². The summed E-state index contributed by atoms with van der Waals surface area (Å²) in [7, 11) is 0. The average molecular weight is 194 g/mol. The Morgan fingerprint density at radius 1 is 1.00 bits per heavy atom. The Hall–Kier alpha value is -0.470. The highest BCUT2D eigenvalue weighted by atomic mass is 19.4. The van der Waals surface area contributed by atoms with E-state index < -0.39 is 12.6 Å². The molecule has 0 spiro atoms. The van der Waals surface area contributed by atoms with Crippen molar-refractivity contribution in [1.82, 2.24) is 0 Å². The number of alkyl halides is 3. The molecule has 0 rings (SSSR count). The molecule has 0 nitrogen and oxygen atoms in total. The zero-order chi connectivity index (χ0) is 10.2. The molecule has 0 saturated heterocycles. The van der Waals surface area contributed by atoms with Gasteiger partial charge in [0.05, 0.1) is 0 Å². The second-order valence-electron chi connectivity index (χ2n) is 3.12. The summed E-state index contributed by atoms with van der Waals surface area (Å²) < 4.78 is 35.0. The third-order valence-corrected chi connectivity index (χ3v) is 1.70. The number of unbranched alkanes of at least 4 members (excludes halogenated alkanes) is 3. The van der Waals surface area contributed by atoms with Crippen molar-refractivity contribution in [1.29, 1.82) is 0 Å². The van der Waals surface area contributed by atoms with Gasteiger partial charge in [-0.1, -0.05) is 25.5 Å². The van der Waals surface area contributed by atoms with Gasteiger partial charge in [-0.25, -0.2) is 0 Å². The van der Waals surface area contributed by atoms with Crippen LogP contribution in [-0.4, -0.2) is 6.18 Å². The molecule has 0 bridgehead atoms. The number of halogens is 3. The SMILES string of the molecule is CCCC=CCCCCC(F)(F)F. The molecule has 13 heavy (non-hydrogen) atoms. The quantitative estimate of drug-likeness (QED) is 0.432. The smallest absolute Gasteiger partial charge is 0.171 e. The predicted octanol–water partition coefficient (Wildman–Crippen LogP) is 4.47. The molecule has 0 amide bonds. The summed E-state index contributed by atoms with van der Waals surface area (Å²) in [5, 5.41) is 0. The highest BCUT2D eigenvalue weighted by molar-refractivity contribution is 4.80. The molecule has 0 aliphatic rings. The van der Waals surface area contributed by atoms with E-state index in [9.17, 15) is 13.2 Å². The van der Waals surface area contributed by atoms with E-state index in [2.05, 4.69) is 6.92 Å². The maximum atomic E-state index is 11.7. The number of allylic oxidation sites excluding steroid dienone is 2. The molecule has 0 saturated carbocycles. The van der Waals surface area contributed by atoms with Crippen LogP contribution in [0.4, 0.5) is 13.2 Å². The highest BCUT2D eigenvalue weighted by Crippen LogP contribution is 2.22. The van der Waals surface area contributed by atoms with Crippen molar-refractivity contribution in [2.45, 2.75) is 51.6 Å². The van der Waals surface area contributed by atoms with E-state index in [0.717, 1.165) is 19.3 Å². The van der Waals surface area contributed by atoms with Gasteiger partial charge in [0.15, 0.2) is 0 Å². The maximum Gasteiger partial charge on any atom is 0.389 e. The lowest BCUT2D eigenvalue weighted by Crippen LogP contribution is -2.05. The predicted molar refractivity (Wildman–Crippen MR) is 48.6 cm³/mol. The van der Waals surface area contributed by atoms with Gasteiger partial charge in [-0.3, -0.25) is 0 Å². The first-order valence-electron chi connectivity index (χ1n) is 4.78. The fraction of sp³-hybridized carbons (Fsp3) is 0.800. The molecular weight excluding hydrogens is 177 g/mol. The lowest BCUT2D eigenvalue weighted by molar-refractivity contribution is -0.135. The van der Waals surface area contributed by atoms with E-state index in [1.165, 1.54) is 0 Å². The summed E-state index contributed by atoms with van der Waals surface area (Å²) in [4.78, 5) is 0. The molecule has 0 N–H and O–H groups in total. The Balaban J connectivity index is 3.17. The first kappa shape index (κ1) is 12.5.